The standard InChI is InChI=1S/C14H23N3O2/c1-10-8-16-12(19-10)11(2)17-13(18)14(9-15)6-4-3-5-7-14/h8,11H,3-7,9,15H2,1-2H3,(H,17,18). The minimum Gasteiger partial charge on any atom is -0.444 e. The SMILES string of the molecule is Cc1cnc(C(C)NC(=O)C2(CN)CCCCC2)o1. The number of oxazole rings is 1. The molecular formula is C14H23N3O2. The fourth-order valence-corrected chi connectivity index (χ4v) is 2.74. The van der Waals surface area contributed by atoms with E-state index in [0.29, 0.717) is 12.4 Å². The van der Waals surface area contributed by atoms with Crippen molar-refractivity contribution in [1.82, 2.24) is 10.3 Å². The van der Waals surface area contributed by atoms with Crippen LogP contribution >= 0.6 is 0 Å². The highest BCUT2D eigenvalue weighted by Crippen LogP contribution is 2.36. The molecule has 5 nitrogen and oxygen atoms in total. The molecule has 1 aliphatic rings. The topological polar surface area (TPSA) is 81.2 Å². The molecule has 0 aliphatic heterocycles. The van der Waals surface area contributed by atoms with E-state index in [9.17, 15) is 4.79 Å². The molecule has 1 saturated carbocycles. The van der Waals surface area contributed by atoms with Crippen molar-refractivity contribution in [2.24, 2.45) is 11.1 Å². The fourth-order valence-electron chi connectivity index (χ4n) is 2.74. The molecule has 1 amide bonds. The molecule has 2 rings (SSSR count). The molecule has 106 valence electrons. The number of nitrogens with one attached hydrogen (secondary N) is 1. The third-order valence-corrected chi connectivity index (χ3v) is 4.04. The second kappa shape index (κ2) is 5.74. The molecule has 1 heterocycles. The minimum atomic E-state index is -0.395. The lowest BCUT2D eigenvalue weighted by molar-refractivity contribution is -0.133. The summed E-state index contributed by atoms with van der Waals surface area (Å²) in [5.74, 6) is 1.34. The van der Waals surface area contributed by atoms with Gasteiger partial charge in [-0.25, -0.2) is 4.98 Å². The molecule has 5 heteroatoms. The van der Waals surface area contributed by atoms with E-state index in [1.165, 1.54) is 6.42 Å². The van der Waals surface area contributed by atoms with Crippen molar-refractivity contribution < 1.29 is 9.21 Å². The van der Waals surface area contributed by atoms with Crippen molar-refractivity contribution in [2.45, 2.75) is 52.0 Å². The van der Waals surface area contributed by atoms with E-state index in [1.807, 2.05) is 13.8 Å². The number of aryl methyl sites for hydroxylation is 1. The number of nitrogens with zero attached hydrogens (tertiary/aromatic N) is 1. The van der Waals surface area contributed by atoms with Crippen molar-refractivity contribution in [1.29, 1.82) is 0 Å². The van der Waals surface area contributed by atoms with Crippen molar-refractivity contribution in [3.8, 4) is 0 Å². The molecule has 0 bridgehead atoms. The van der Waals surface area contributed by atoms with Gasteiger partial charge in [-0.3, -0.25) is 4.79 Å². The number of carbonyl (C=O) groups is 1. The molecule has 19 heavy (non-hydrogen) atoms. The molecule has 1 unspecified atom stereocenters. The zero-order valence-corrected chi connectivity index (χ0v) is 11.7. The monoisotopic (exact) mass is 265 g/mol. The lowest BCUT2D eigenvalue weighted by Gasteiger charge is -2.35. The van der Waals surface area contributed by atoms with Crippen LogP contribution in [-0.2, 0) is 4.79 Å². The van der Waals surface area contributed by atoms with E-state index >= 15 is 0 Å². The molecular weight excluding hydrogens is 242 g/mol. The number of amides is 1. The van der Waals surface area contributed by atoms with E-state index < -0.39 is 5.41 Å². The van der Waals surface area contributed by atoms with Crippen LogP contribution in [0.3, 0.4) is 0 Å². The maximum absolute atomic E-state index is 12.5. The predicted molar refractivity (Wildman–Crippen MR) is 72.4 cm³/mol. The first kappa shape index (κ1) is 14.1. The smallest absolute Gasteiger partial charge is 0.228 e. The number of aromatic nitrogens is 1. The van der Waals surface area contributed by atoms with Crippen LogP contribution < -0.4 is 11.1 Å². The van der Waals surface area contributed by atoms with Gasteiger partial charge in [-0.2, -0.15) is 0 Å². The van der Waals surface area contributed by atoms with Crippen LogP contribution in [0.25, 0.3) is 0 Å². The van der Waals surface area contributed by atoms with E-state index in [-0.39, 0.29) is 11.9 Å². The Morgan fingerprint density at radius 1 is 1.53 bits per heavy atom. The van der Waals surface area contributed by atoms with Gasteiger partial charge in [0.1, 0.15) is 11.8 Å². The lowest BCUT2D eigenvalue weighted by Crippen LogP contribution is -2.47. The number of hydrogen-bond acceptors (Lipinski definition) is 4. The molecule has 1 aromatic rings. The van der Waals surface area contributed by atoms with E-state index in [2.05, 4.69) is 10.3 Å². The zero-order chi connectivity index (χ0) is 13.9. The van der Waals surface area contributed by atoms with Crippen LogP contribution in [0.1, 0.15) is 56.7 Å². The first-order chi connectivity index (χ1) is 9.07. The number of nitrogens with two attached hydrogens (primary N) is 1. The molecule has 0 aromatic carbocycles. The molecule has 3 N–H and O–H groups in total. The highest BCUT2D eigenvalue weighted by atomic mass is 16.4. The van der Waals surface area contributed by atoms with Gasteiger partial charge in [-0.1, -0.05) is 19.3 Å². The fraction of sp³-hybridized carbons (Fsp3) is 0.714. The first-order valence-electron chi connectivity index (χ1n) is 7.01. The van der Waals surface area contributed by atoms with Gasteiger partial charge in [-0.15, -0.1) is 0 Å². The number of rotatable bonds is 4. The summed E-state index contributed by atoms with van der Waals surface area (Å²) in [4.78, 5) is 16.6. The summed E-state index contributed by atoms with van der Waals surface area (Å²) in [5, 5.41) is 3.00. The van der Waals surface area contributed by atoms with Gasteiger partial charge in [-0.05, 0) is 26.7 Å². The van der Waals surface area contributed by atoms with Crippen molar-refractivity contribution in [2.75, 3.05) is 6.54 Å². The lowest BCUT2D eigenvalue weighted by atomic mass is 9.73. The third-order valence-electron chi connectivity index (χ3n) is 4.04. The van der Waals surface area contributed by atoms with Crippen molar-refractivity contribution in [3.05, 3.63) is 17.8 Å². The summed E-state index contributed by atoms with van der Waals surface area (Å²) < 4.78 is 5.44. The Labute approximate surface area is 114 Å². The van der Waals surface area contributed by atoms with Crippen LogP contribution in [0.2, 0.25) is 0 Å². The highest BCUT2D eigenvalue weighted by molar-refractivity contribution is 5.83. The number of hydrogen-bond donors (Lipinski definition) is 2. The summed E-state index contributed by atoms with van der Waals surface area (Å²) in [6.07, 6.45) is 6.79. The second-order valence-electron chi connectivity index (χ2n) is 5.55. The van der Waals surface area contributed by atoms with Gasteiger partial charge >= 0.3 is 0 Å². The van der Waals surface area contributed by atoms with Gasteiger partial charge in [0.15, 0.2) is 0 Å². The Morgan fingerprint density at radius 3 is 2.74 bits per heavy atom. The van der Waals surface area contributed by atoms with Gasteiger partial charge in [0.25, 0.3) is 0 Å². The average Bonchev–Trinajstić information content (AvgIpc) is 2.86. The Morgan fingerprint density at radius 2 is 2.21 bits per heavy atom. The summed E-state index contributed by atoms with van der Waals surface area (Å²) in [5.41, 5.74) is 5.46. The maximum atomic E-state index is 12.5. The summed E-state index contributed by atoms with van der Waals surface area (Å²) in [6.45, 7) is 4.14. The third kappa shape index (κ3) is 2.97. The molecule has 1 aromatic heterocycles. The molecule has 1 atom stereocenters. The van der Waals surface area contributed by atoms with E-state index in [1.54, 1.807) is 6.20 Å². The van der Waals surface area contributed by atoms with Crippen LogP contribution in [0, 0.1) is 12.3 Å². The average molecular weight is 265 g/mol. The van der Waals surface area contributed by atoms with Crippen LogP contribution in [0.5, 0.6) is 0 Å². The van der Waals surface area contributed by atoms with Gasteiger partial charge < -0.3 is 15.5 Å². The molecule has 0 spiro atoms. The van der Waals surface area contributed by atoms with E-state index in [4.69, 9.17) is 10.2 Å². The summed E-state index contributed by atoms with van der Waals surface area (Å²) >= 11 is 0. The highest BCUT2D eigenvalue weighted by Gasteiger charge is 2.38. The minimum absolute atomic E-state index is 0.0399. The van der Waals surface area contributed by atoms with Gasteiger partial charge in [0, 0.05) is 6.54 Å². The second-order valence-corrected chi connectivity index (χ2v) is 5.55. The Kier molecular flexibility index (Phi) is 4.24. The van der Waals surface area contributed by atoms with Crippen molar-refractivity contribution in [3.63, 3.8) is 0 Å². The zero-order valence-electron chi connectivity index (χ0n) is 11.7. The quantitative estimate of drug-likeness (QED) is 0.873. The Bertz CT molecular complexity index is 436. The molecule has 0 radical (unpaired) electrons. The largest absolute Gasteiger partial charge is 0.444 e. The van der Waals surface area contributed by atoms with Gasteiger partial charge in [0.05, 0.1) is 11.6 Å². The maximum Gasteiger partial charge on any atom is 0.228 e. The molecule has 1 aliphatic carbocycles. The molecule has 0 saturated heterocycles. The van der Waals surface area contributed by atoms with Crippen LogP contribution in [-0.4, -0.2) is 17.4 Å². The normalized spacial score (nSPS) is 19.9. The van der Waals surface area contributed by atoms with Crippen LogP contribution in [0.4, 0.5) is 0 Å². The Balaban J connectivity index is 2.03. The predicted octanol–water partition coefficient (Wildman–Crippen LogP) is 2.07. The Hall–Kier alpha value is -1.36. The van der Waals surface area contributed by atoms with Crippen molar-refractivity contribution >= 4 is 5.91 Å². The number of carbonyl (C=O) groups excluding carboxylic acids is 1. The van der Waals surface area contributed by atoms with Crippen LogP contribution in [0.15, 0.2) is 10.6 Å². The van der Waals surface area contributed by atoms with E-state index in [0.717, 1.165) is 31.4 Å². The summed E-state index contributed by atoms with van der Waals surface area (Å²) in [6, 6.07) is -0.216. The summed E-state index contributed by atoms with van der Waals surface area (Å²) in [7, 11) is 0. The first-order valence-corrected chi connectivity index (χ1v) is 7.01. The van der Waals surface area contributed by atoms with Gasteiger partial charge in [0.2, 0.25) is 11.8 Å². The molecule has 1 fully saturated rings.